The van der Waals surface area contributed by atoms with E-state index in [0.29, 0.717) is 5.16 Å². The third-order valence-corrected chi connectivity index (χ3v) is 3.12. The van der Waals surface area contributed by atoms with Crippen LogP contribution in [0.4, 0.5) is 11.4 Å². The van der Waals surface area contributed by atoms with Crippen LogP contribution in [0.1, 0.15) is 0 Å². The summed E-state index contributed by atoms with van der Waals surface area (Å²) in [5.41, 5.74) is 0.0406. The highest BCUT2D eigenvalue weighted by Crippen LogP contribution is 2.23. The van der Waals surface area contributed by atoms with Crippen LogP contribution in [-0.2, 0) is 4.79 Å². The van der Waals surface area contributed by atoms with Crippen molar-refractivity contribution < 1.29 is 9.72 Å². The Morgan fingerprint density at radius 3 is 2.65 bits per heavy atom. The van der Waals surface area contributed by atoms with E-state index in [-0.39, 0.29) is 23.0 Å². The van der Waals surface area contributed by atoms with E-state index in [1.807, 2.05) is 0 Å². The first-order chi connectivity index (χ1) is 9.66. The van der Waals surface area contributed by atoms with E-state index in [4.69, 9.17) is 0 Å². The maximum Gasteiger partial charge on any atom is 0.292 e. The molecule has 1 N–H and O–H groups in total. The molecule has 20 heavy (non-hydrogen) atoms. The molecule has 102 valence electrons. The number of thioether (sulfide) groups is 1. The lowest BCUT2D eigenvalue weighted by Crippen LogP contribution is -2.15. The first-order valence-electron chi connectivity index (χ1n) is 5.60. The molecule has 0 aliphatic rings. The molecular weight excluding hydrogens is 280 g/mol. The zero-order valence-corrected chi connectivity index (χ0v) is 11.0. The number of amides is 1. The standard InChI is InChI=1S/C12H10N4O3S/c17-11(8-20-12-13-6-3-7-14-12)15-9-4-1-2-5-10(9)16(18)19/h1-7H,8H2,(H,15,17). The van der Waals surface area contributed by atoms with Crippen LogP contribution in [-0.4, -0.2) is 26.6 Å². The molecule has 0 fully saturated rings. The molecule has 1 aromatic carbocycles. The molecule has 0 unspecified atom stereocenters. The fraction of sp³-hybridized carbons (Fsp3) is 0.0833. The molecule has 0 spiro atoms. The van der Waals surface area contributed by atoms with Crippen LogP contribution in [0, 0.1) is 10.1 Å². The number of aromatic nitrogens is 2. The summed E-state index contributed by atoms with van der Waals surface area (Å²) in [7, 11) is 0. The molecule has 1 aromatic heterocycles. The van der Waals surface area contributed by atoms with Gasteiger partial charge < -0.3 is 5.32 Å². The largest absolute Gasteiger partial charge is 0.320 e. The molecular formula is C12H10N4O3S. The molecule has 0 atom stereocenters. The molecule has 0 saturated carbocycles. The van der Waals surface area contributed by atoms with E-state index >= 15 is 0 Å². The van der Waals surface area contributed by atoms with Crippen molar-refractivity contribution in [1.82, 2.24) is 9.97 Å². The summed E-state index contributed by atoms with van der Waals surface area (Å²) in [4.78, 5) is 30.0. The van der Waals surface area contributed by atoms with Gasteiger partial charge in [0.1, 0.15) is 5.69 Å². The molecule has 0 aliphatic carbocycles. The number of carbonyl (C=O) groups is 1. The average Bonchev–Trinajstić information content (AvgIpc) is 2.46. The van der Waals surface area contributed by atoms with Gasteiger partial charge in [-0.3, -0.25) is 14.9 Å². The van der Waals surface area contributed by atoms with Gasteiger partial charge in [-0.05, 0) is 12.1 Å². The monoisotopic (exact) mass is 290 g/mol. The van der Waals surface area contributed by atoms with Crippen molar-refractivity contribution in [3.63, 3.8) is 0 Å². The Labute approximate surface area is 118 Å². The van der Waals surface area contributed by atoms with Crippen LogP contribution < -0.4 is 5.32 Å². The third-order valence-electron chi connectivity index (χ3n) is 2.25. The topological polar surface area (TPSA) is 98.0 Å². The lowest BCUT2D eigenvalue weighted by atomic mass is 10.2. The number of carbonyl (C=O) groups excluding carboxylic acids is 1. The molecule has 1 amide bonds. The Morgan fingerprint density at radius 1 is 1.25 bits per heavy atom. The van der Waals surface area contributed by atoms with E-state index < -0.39 is 4.92 Å². The van der Waals surface area contributed by atoms with Crippen molar-refractivity contribution in [3.05, 3.63) is 52.8 Å². The normalized spacial score (nSPS) is 10.0. The lowest BCUT2D eigenvalue weighted by Gasteiger charge is -2.05. The maximum atomic E-state index is 11.8. The average molecular weight is 290 g/mol. The quantitative estimate of drug-likeness (QED) is 0.392. The minimum atomic E-state index is -0.539. The van der Waals surface area contributed by atoms with Gasteiger partial charge in [0.25, 0.3) is 5.69 Å². The van der Waals surface area contributed by atoms with Crippen LogP contribution in [0.5, 0.6) is 0 Å². The van der Waals surface area contributed by atoms with Gasteiger partial charge in [0.2, 0.25) is 5.91 Å². The molecule has 7 nitrogen and oxygen atoms in total. The van der Waals surface area contributed by atoms with Crippen molar-refractivity contribution in [1.29, 1.82) is 0 Å². The number of nitro groups is 1. The van der Waals surface area contributed by atoms with E-state index in [1.54, 1.807) is 30.6 Å². The molecule has 2 rings (SSSR count). The number of rotatable bonds is 5. The van der Waals surface area contributed by atoms with Crippen LogP contribution in [0.3, 0.4) is 0 Å². The summed E-state index contributed by atoms with van der Waals surface area (Å²) in [5.74, 6) is -0.271. The number of nitrogens with one attached hydrogen (secondary N) is 1. The van der Waals surface area contributed by atoms with Crippen molar-refractivity contribution in [2.75, 3.05) is 11.1 Å². The molecule has 0 saturated heterocycles. The maximum absolute atomic E-state index is 11.8. The number of nitrogens with zero attached hydrogens (tertiary/aromatic N) is 3. The van der Waals surface area contributed by atoms with Crippen LogP contribution in [0.2, 0.25) is 0 Å². The molecule has 2 aromatic rings. The Kier molecular flexibility index (Phi) is 4.61. The van der Waals surface area contributed by atoms with Gasteiger partial charge in [-0.25, -0.2) is 9.97 Å². The Bertz CT molecular complexity index is 621. The summed E-state index contributed by atoms with van der Waals surface area (Å²) in [5, 5.41) is 13.8. The van der Waals surface area contributed by atoms with E-state index in [1.165, 1.54) is 12.1 Å². The number of hydrogen-bond donors (Lipinski definition) is 1. The summed E-state index contributed by atoms with van der Waals surface area (Å²) in [6.45, 7) is 0. The lowest BCUT2D eigenvalue weighted by molar-refractivity contribution is -0.383. The molecule has 8 heteroatoms. The minimum Gasteiger partial charge on any atom is -0.320 e. The van der Waals surface area contributed by atoms with Gasteiger partial charge in [-0.1, -0.05) is 23.9 Å². The van der Waals surface area contributed by atoms with Crippen molar-refractivity contribution in [3.8, 4) is 0 Å². The summed E-state index contributed by atoms with van der Waals surface area (Å²) >= 11 is 1.16. The predicted octanol–water partition coefficient (Wildman–Crippen LogP) is 2.12. The highest BCUT2D eigenvalue weighted by molar-refractivity contribution is 7.99. The second-order valence-electron chi connectivity index (χ2n) is 3.64. The van der Waals surface area contributed by atoms with Crippen LogP contribution >= 0.6 is 11.8 Å². The van der Waals surface area contributed by atoms with E-state index in [0.717, 1.165) is 11.8 Å². The van der Waals surface area contributed by atoms with Gasteiger partial charge in [-0.15, -0.1) is 0 Å². The fourth-order valence-electron chi connectivity index (χ4n) is 1.41. The van der Waals surface area contributed by atoms with Gasteiger partial charge in [0, 0.05) is 18.5 Å². The van der Waals surface area contributed by atoms with Crippen LogP contribution in [0.25, 0.3) is 0 Å². The number of nitro benzene ring substituents is 1. The number of benzene rings is 1. The number of anilines is 1. The van der Waals surface area contributed by atoms with Gasteiger partial charge in [-0.2, -0.15) is 0 Å². The summed E-state index contributed by atoms with van der Waals surface area (Å²) < 4.78 is 0. The molecule has 0 bridgehead atoms. The highest BCUT2D eigenvalue weighted by Gasteiger charge is 2.14. The van der Waals surface area contributed by atoms with E-state index in [2.05, 4.69) is 15.3 Å². The van der Waals surface area contributed by atoms with Crippen LogP contribution in [0.15, 0.2) is 47.9 Å². The zero-order chi connectivity index (χ0) is 14.4. The third kappa shape index (κ3) is 3.75. The summed E-state index contributed by atoms with van der Waals surface area (Å²) in [6.07, 6.45) is 3.16. The predicted molar refractivity (Wildman–Crippen MR) is 74.5 cm³/mol. The van der Waals surface area contributed by atoms with Crippen molar-refractivity contribution >= 4 is 29.0 Å². The fourth-order valence-corrected chi connectivity index (χ4v) is 2.02. The number of hydrogen-bond acceptors (Lipinski definition) is 6. The number of para-hydroxylation sites is 2. The SMILES string of the molecule is O=C(CSc1ncccn1)Nc1ccccc1[N+](=O)[O-]. The molecule has 0 radical (unpaired) electrons. The van der Waals surface area contributed by atoms with Gasteiger partial charge in [0.05, 0.1) is 10.7 Å². The first kappa shape index (κ1) is 13.9. The Hall–Kier alpha value is -2.48. The molecule has 0 aliphatic heterocycles. The zero-order valence-electron chi connectivity index (χ0n) is 10.2. The van der Waals surface area contributed by atoms with Crippen molar-refractivity contribution in [2.24, 2.45) is 0 Å². The second-order valence-corrected chi connectivity index (χ2v) is 4.58. The van der Waals surface area contributed by atoms with Gasteiger partial charge in [0.15, 0.2) is 5.16 Å². The highest BCUT2D eigenvalue weighted by atomic mass is 32.2. The summed E-state index contributed by atoms with van der Waals surface area (Å²) in [6, 6.07) is 7.66. The Balaban J connectivity index is 1.97. The second kappa shape index (κ2) is 6.62. The minimum absolute atomic E-state index is 0.0794. The van der Waals surface area contributed by atoms with Gasteiger partial charge >= 0.3 is 0 Å². The smallest absolute Gasteiger partial charge is 0.292 e. The van der Waals surface area contributed by atoms with E-state index in [9.17, 15) is 14.9 Å². The molecule has 1 heterocycles. The first-order valence-corrected chi connectivity index (χ1v) is 6.58. The Morgan fingerprint density at radius 2 is 1.95 bits per heavy atom. The van der Waals surface area contributed by atoms with Crippen molar-refractivity contribution in [2.45, 2.75) is 5.16 Å².